The summed E-state index contributed by atoms with van der Waals surface area (Å²) < 4.78 is 0.175. The summed E-state index contributed by atoms with van der Waals surface area (Å²) in [6.07, 6.45) is 0.557. The molecular formula is C6H10IN3O. The van der Waals surface area contributed by atoms with Crippen LogP contribution in [0.1, 0.15) is 6.42 Å². The van der Waals surface area contributed by atoms with E-state index in [0.29, 0.717) is 13.0 Å². The maximum Gasteiger partial charge on any atom is 0.194 e. The van der Waals surface area contributed by atoms with Crippen molar-refractivity contribution < 1.29 is 4.79 Å². The Morgan fingerprint density at radius 2 is 2.64 bits per heavy atom. The Kier molecular flexibility index (Phi) is 3.61. The van der Waals surface area contributed by atoms with Gasteiger partial charge in [0.05, 0.1) is 6.54 Å². The molecule has 0 aliphatic carbocycles. The zero-order valence-electron chi connectivity index (χ0n) is 6.06. The fraction of sp³-hybridized carbons (Fsp3) is 0.667. The van der Waals surface area contributed by atoms with Gasteiger partial charge < -0.3 is 10.6 Å². The average Bonchev–Trinajstić information content (AvgIpc) is 2.39. The molecule has 1 heterocycles. The van der Waals surface area contributed by atoms with Gasteiger partial charge in [-0.25, -0.2) is 0 Å². The number of carbonyl (C=O) groups excluding carboxylic acids is 1. The normalized spacial score (nSPS) is 15.5. The zero-order chi connectivity index (χ0) is 8.10. The Hall–Kier alpha value is -0.330. The van der Waals surface area contributed by atoms with Gasteiger partial charge in [0.1, 0.15) is 0 Å². The van der Waals surface area contributed by atoms with Crippen molar-refractivity contribution in [3.63, 3.8) is 0 Å². The van der Waals surface area contributed by atoms with Crippen LogP contribution in [0.5, 0.6) is 0 Å². The van der Waals surface area contributed by atoms with Crippen LogP contribution in [-0.2, 0) is 4.79 Å². The van der Waals surface area contributed by atoms with Gasteiger partial charge in [-0.15, -0.1) is 0 Å². The van der Waals surface area contributed by atoms with Gasteiger partial charge in [-0.05, 0) is 22.6 Å². The molecule has 1 rings (SSSR count). The predicted octanol–water partition coefficient (Wildman–Crippen LogP) is -0.113. The van der Waals surface area contributed by atoms with Crippen molar-refractivity contribution in [3.05, 3.63) is 0 Å². The molecule has 0 aromatic rings. The number of halogens is 1. The molecule has 0 bridgehead atoms. The van der Waals surface area contributed by atoms with Crippen molar-refractivity contribution in [1.82, 2.24) is 10.6 Å². The molecule has 62 valence electrons. The van der Waals surface area contributed by atoms with E-state index in [-0.39, 0.29) is 3.79 Å². The standard InChI is InChI=1S/C6H10IN3O/c7-5(11)1-2-8-6-9-3-4-10-6/h1-4H2,(H2,8,9,10). The average molecular weight is 267 g/mol. The van der Waals surface area contributed by atoms with Gasteiger partial charge in [0.25, 0.3) is 0 Å². The first-order valence-corrected chi connectivity index (χ1v) is 4.57. The van der Waals surface area contributed by atoms with Gasteiger partial charge in [-0.2, -0.15) is 0 Å². The highest BCUT2D eigenvalue weighted by atomic mass is 127. The topological polar surface area (TPSA) is 53.5 Å². The Morgan fingerprint density at radius 3 is 3.18 bits per heavy atom. The van der Waals surface area contributed by atoms with E-state index in [2.05, 4.69) is 15.6 Å². The highest BCUT2D eigenvalue weighted by Crippen LogP contribution is 1.90. The van der Waals surface area contributed by atoms with Crippen LogP contribution in [0.15, 0.2) is 4.99 Å². The minimum absolute atomic E-state index is 0.175. The summed E-state index contributed by atoms with van der Waals surface area (Å²) in [6.45, 7) is 2.41. The van der Waals surface area contributed by atoms with Crippen LogP contribution in [-0.4, -0.2) is 29.4 Å². The maximum atomic E-state index is 10.5. The molecular weight excluding hydrogens is 257 g/mol. The molecule has 0 saturated carbocycles. The van der Waals surface area contributed by atoms with Crippen molar-refractivity contribution in [2.45, 2.75) is 6.42 Å². The second-order valence-corrected chi connectivity index (χ2v) is 3.39. The molecule has 0 atom stereocenters. The molecule has 4 nitrogen and oxygen atoms in total. The summed E-state index contributed by atoms with van der Waals surface area (Å²) in [6, 6.07) is 0. The van der Waals surface area contributed by atoms with Crippen LogP contribution < -0.4 is 10.6 Å². The minimum Gasteiger partial charge on any atom is -0.356 e. The highest BCUT2D eigenvalue weighted by Gasteiger charge is 2.03. The number of aliphatic imine (C=N–C) groups is 1. The summed E-state index contributed by atoms with van der Waals surface area (Å²) in [5.74, 6) is 0.822. The number of rotatable bonds is 3. The van der Waals surface area contributed by atoms with E-state index in [0.717, 1.165) is 19.0 Å². The Morgan fingerprint density at radius 1 is 1.82 bits per heavy atom. The maximum absolute atomic E-state index is 10.5. The van der Waals surface area contributed by atoms with Crippen molar-refractivity contribution in [1.29, 1.82) is 0 Å². The van der Waals surface area contributed by atoms with Gasteiger partial charge in [0.15, 0.2) is 9.75 Å². The van der Waals surface area contributed by atoms with Crippen molar-refractivity contribution >= 4 is 32.3 Å². The van der Waals surface area contributed by atoms with E-state index in [1.54, 1.807) is 22.6 Å². The van der Waals surface area contributed by atoms with E-state index in [1.165, 1.54) is 0 Å². The van der Waals surface area contributed by atoms with Crippen LogP contribution in [0.4, 0.5) is 0 Å². The fourth-order valence-electron chi connectivity index (χ4n) is 0.795. The third-order valence-corrected chi connectivity index (χ3v) is 1.83. The number of guanidine groups is 1. The number of nitrogens with one attached hydrogen (secondary N) is 2. The van der Waals surface area contributed by atoms with E-state index >= 15 is 0 Å². The molecule has 0 amide bonds. The monoisotopic (exact) mass is 267 g/mol. The lowest BCUT2D eigenvalue weighted by atomic mass is 10.5. The second-order valence-electron chi connectivity index (χ2n) is 2.19. The zero-order valence-corrected chi connectivity index (χ0v) is 8.22. The van der Waals surface area contributed by atoms with Crippen molar-refractivity contribution in [2.24, 2.45) is 4.99 Å². The predicted molar refractivity (Wildman–Crippen MR) is 52.0 cm³/mol. The van der Waals surface area contributed by atoms with E-state index in [4.69, 9.17) is 0 Å². The van der Waals surface area contributed by atoms with Crippen LogP contribution >= 0.6 is 22.6 Å². The molecule has 0 fully saturated rings. The first-order chi connectivity index (χ1) is 5.29. The largest absolute Gasteiger partial charge is 0.356 e. The summed E-state index contributed by atoms with van der Waals surface area (Å²) in [4.78, 5) is 14.6. The number of carbonyl (C=O) groups is 1. The molecule has 0 aromatic heterocycles. The molecule has 0 spiro atoms. The van der Waals surface area contributed by atoms with Gasteiger partial charge >= 0.3 is 0 Å². The lowest BCUT2D eigenvalue weighted by molar-refractivity contribution is -0.109. The first-order valence-electron chi connectivity index (χ1n) is 3.49. The third kappa shape index (κ3) is 3.54. The van der Waals surface area contributed by atoms with E-state index < -0.39 is 0 Å². The number of hydrogen-bond donors (Lipinski definition) is 2. The van der Waals surface area contributed by atoms with Crippen LogP contribution in [0, 0.1) is 0 Å². The Balaban J connectivity index is 2.07. The molecule has 0 aromatic carbocycles. The molecule has 2 N–H and O–H groups in total. The molecule has 11 heavy (non-hydrogen) atoms. The summed E-state index contributed by atoms with van der Waals surface area (Å²) in [5.41, 5.74) is 0. The van der Waals surface area contributed by atoms with Gasteiger partial charge in [0, 0.05) is 19.5 Å². The quantitative estimate of drug-likeness (QED) is 0.554. The highest BCUT2D eigenvalue weighted by molar-refractivity contribution is 14.1. The molecule has 0 unspecified atom stereocenters. The van der Waals surface area contributed by atoms with Gasteiger partial charge in [-0.3, -0.25) is 9.79 Å². The fourth-order valence-corrected chi connectivity index (χ4v) is 1.07. The van der Waals surface area contributed by atoms with Crippen LogP contribution in [0.3, 0.4) is 0 Å². The van der Waals surface area contributed by atoms with Crippen molar-refractivity contribution in [2.75, 3.05) is 19.6 Å². The lowest BCUT2D eigenvalue weighted by Gasteiger charge is -2.03. The Labute approximate surface area is 79.0 Å². The summed E-state index contributed by atoms with van der Waals surface area (Å²) in [5, 5.41) is 6.08. The molecule has 1 aliphatic rings. The van der Waals surface area contributed by atoms with Crippen LogP contribution in [0.2, 0.25) is 0 Å². The van der Waals surface area contributed by atoms with Gasteiger partial charge in [-0.1, -0.05) is 0 Å². The molecule has 5 heteroatoms. The van der Waals surface area contributed by atoms with E-state index in [9.17, 15) is 4.79 Å². The lowest BCUT2D eigenvalue weighted by Crippen LogP contribution is -2.34. The Bertz CT molecular complexity index is 181. The SMILES string of the molecule is O=C(I)CCNC1=NCCN1. The molecule has 0 saturated heterocycles. The van der Waals surface area contributed by atoms with Crippen molar-refractivity contribution in [3.8, 4) is 0 Å². The van der Waals surface area contributed by atoms with Gasteiger partial charge in [0.2, 0.25) is 0 Å². The molecule has 1 aliphatic heterocycles. The van der Waals surface area contributed by atoms with Crippen LogP contribution in [0.25, 0.3) is 0 Å². The summed E-state index contributed by atoms with van der Waals surface area (Å²) in [7, 11) is 0. The third-order valence-electron chi connectivity index (χ3n) is 1.29. The molecule has 0 radical (unpaired) electrons. The summed E-state index contributed by atoms with van der Waals surface area (Å²) >= 11 is 1.79. The smallest absolute Gasteiger partial charge is 0.194 e. The minimum atomic E-state index is 0.175. The second kappa shape index (κ2) is 4.53. The first kappa shape index (κ1) is 8.76. The van der Waals surface area contributed by atoms with E-state index in [1.807, 2.05) is 0 Å². The number of nitrogens with zero attached hydrogens (tertiary/aromatic N) is 1. The number of hydrogen-bond acceptors (Lipinski definition) is 4.